The number of benzene rings is 1. The van der Waals surface area contributed by atoms with Crippen LogP contribution < -0.4 is 5.32 Å². The summed E-state index contributed by atoms with van der Waals surface area (Å²) < 4.78 is 6.22. The fourth-order valence-corrected chi connectivity index (χ4v) is 3.16. The first-order valence-corrected chi connectivity index (χ1v) is 8.60. The summed E-state index contributed by atoms with van der Waals surface area (Å²) in [4.78, 5) is 0. The van der Waals surface area contributed by atoms with Crippen LogP contribution in [-0.2, 0) is 17.9 Å². The Balaban J connectivity index is 1.87. The van der Waals surface area contributed by atoms with E-state index in [9.17, 15) is 0 Å². The van der Waals surface area contributed by atoms with Crippen molar-refractivity contribution in [2.45, 2.75) is 78.2 Å². The first-order valence-electron chi connectivity index (χ1n) is 8.60. The molecule has 0 aromatic heterocycles. The molecular formula is C19H31NO. The number of rotatable bonds is 7. The third-order valence-electron chi connectivity index (χ3n) is 4.61. The molecule has 2 unspecified atom stereocenters. The van der Waals surface area contributed by atoms with Crippen LogP contribution in [-0.4, -0.2) is 12.1 Å². The van der Waals surface area contributed by atoms with Crippen LogP contribution in [0.1, 0.15) is 64.0 Å². The monoisotopic (exact) mass is 289 g/mol. The maximum atomic E-state index is 6.22. The SMILES string of the molecule is CCC1CCCC(OCc2ccccc2CNC(C)C)C1. The van der Waals surface area contributed by atoms with E-state index in [-0.39, 0.29) is 0 Å². The Morgan fingerprint density at radius 3 is 2.67 bits per heavy atom. The molecule has 0 heterocycles. The molecule has 1 N–H and O–H groups in total. The van der Waals surface area contributed by atoms with Gasteiger partial charge >= 0.3 is 0 Å². The molecule has 1 aliphatic carbocycles. The lowest BCUT2D eigenvalue weighted by Crippen LogP contribution is -2.24. The second-order valence-electron chi connectivity index (χ2n) is 6.68. The Morgan fingerprint density at radius 2 is 1.95 bits per heavy atom. The number of nitrogens with one attached hydrogen (secondary N) is 1. The van der Waals surface area contributed by atoms with Crippen LogP contribution in [0.3, 0.4) is 0 Å². The average molecular weight is 289 g/mol. The van der Waals surface area contributed by atoms with Gasteiger partial charge in [0.2, 0.25) is 0 Å². The summed E-state index contributed by atoms with van der Waals surface area (Å²) in [6, 6.07) is 9.17. The zero-order valence-electron chi connectivity index (χ0n) is 13.9. The molecule has 2 heteroatoms. The lowest BCUT2D eigenvalue weighted by Gasteiger charge is -2.28. The van der Waals surface area contributed by atoms with Gasteiger partial charge in [0, 0.05) is 12.6 Å². The van der Waals surface area contributed by atoms with Crippen LogP contribution in [0.5, 0.6) is 0 Å². The number of hydrogen-bond acceptors (Lipinski definition) is 2. The smallest absolute Gasteiger partial charge is 0.0723 e. The van der Waals surface area contributed by atoms with Crippen LogP contribution >= 0.6 is 0 Å². The zero-order chi connectivity index (χ0) is 15.1. The standard InChI is InChI=1S/C19H31NO/c1-4-16-8-7-11-19(12-16)21-14-18-10-6-5-9-17(18)13-20-15(2)3/h5-6,9-10,15-16,19-20H,4,7-8,11-14H2,1-3H3. The summed E-state index contributed by atoms with van der Waals surface area (Å²) in [5, 5.41) is 3.50. The van der Waals surface area contributed by atoms with Crippen molar-refractivity contribution >= 4 is 0 Å². The summed E-state index contributed by atoms with van der Waals surface area (Å²) in [6.45, 7) is 8.37. The topological polar surface area (TPSA) is 21.3 Å². The highest BCUT2D eigenvalue weighted by atomic mass is 16.5. The van der Waals surface area contributed by atoms with Gasteiger partial charge in [-0.3, -0.25) is 0 Å². The molecule has 0 spiro atoms. The molecule has 118 valence electrons. The van der Waals surface area contributed by atoms with E-state index in [1.807, 2.05) is 0 Å². The highest BCUT2D eigenvalue weighted by Gasteiger charge is 2.21. The Kier molecular flexibility index (Phi) is 6.72. The highest BCUT2D eigenvalue weighted by Crippen LogP contribution is 2.29. The molecule has 1 aromatic carbocycles. The van der Waals surface area contributed by atoms with Gasteiger partial charge in [-0.1, -0.05) is 64.3 Å². The van der Waals surface area contributed by atoms with Crippen molar-refractivity contribution in [3.63, 3.8) is 0 Å². The minimum Gasteiger partial charge on any atom is -0.374 e. The lowest BCUT2D eigenvalue weighted by atomic mass is 9.85. The molecule has 1 saturated carbocycles. The number of ether oxygens (including phenoxy) is 1. The van der Waals surface area contributed by atoms with Crippen molar-refractivity contribution in [2.24, 2.45) is 5.92 Å². The van der Waals surface area contributed by atoms with Crippen LogP contribution in [0, 0.1) is 5.92 Å². The summed E-state index contributed by atoms with van der Waals surface area (Å²) in [5.74, 6) is 0.876. The van der Waals surface area contributed by atoms with E-state index in [0.717, 1.165) is 19.1 Å². The number of hydrogen-bond donors (Lipinski definition) is 1. The Morgan fingerprint density at radius 1 is 1.19 bits per heavy atom. The first kappa shape index (κ1) is 16.5. The molecular weight excluding hydrogens is 258 g/mol. The highest BCUT2D eigenvalue weighted by molar-refractivity contribution is 5.26. The van der Waals surface area contributed by atoms with Crippen molar-refractivity contribution < 1.29 is 4.74 Å². The predicted octanol–water partition coefficient (Wildman–Crippen LogP) is 4.67. The van der Waals surface area contributed by atoms with Gasteiger partial charge in [-0.2, -0.15) is 0 Å². The minimum absolute atomic E-state index is 0.467. The quantitative estimate of drug-likeness (QED) is 0.787. The van der Waals surface area contributed by atoms with Crippen molar-refractivity contribution in [3.8, 4) is 0 Å². The van der Waals surface area contributed by atoms with Gasteiger partial charge in [-0.05, 0) is 29.9 Å². The molecule has 0 amide bonds. The second-order valence-corrected chi connectivity index (χ2v) is 6.68. The Bertz CT molecular complexity index is 416. The van der Waals surface area contributed by atoms with Gasteiger partial charge in [-0.25, -0.2) is 0 Å². The van der Waals surface area contributed by atoms with Crippen molar-refractivity contribution in [1.29, 1.82) is 0 Å². The van der Waals surface area contributed by atoms with Gasteiger partial charge in [-0.15, -0.1) is 0 Å². The van der Waals surface area contributed by atoms with Crippen molar-refractivity contribution in [2.75, 3.05) is 0 Å². The molecule has 2 nitrogen and oxygen atoms in total. The van der Waals surface area contributed by atoms with Crippen molar-refractivity contribution in [3.05, 3.63) is 35.4 Å². The normalized spacial score (nSPS) is 22.7. The molecule has 0 bridgehead atoms. The van der Waals surface area contributed by atoms with Gasteiger partial charge in [0.05, 0.1) is 12.7 Å². The molecule has 2 rings (SSSR count). The Labute approximate surface area is 130 Å². The maximum absolute atomic E-state index is 6.22. The van der Waals surface area contributed by atoms with E-state index in [1.165, 1.54) is 43.2 Å². The van der Waals surface area contributed by atoms with Gasteiger partial charge < -0.3 is 10.1 Å². The van der Waals surface area contributed by atoms with Gasteiger partial charge in [0.1, 0.15) is 0 Å². The van der Waals surface area contributed by atoms with Crippen LogP contribution in [0.4, 0.5) is 0 Å². The second kappa shape index (κ2) is 8.55. The predicted molar refractivity (Wildman–Crippen MR) is 89.2 cm³/mol. The minimum atomic E-state index is 0.467. The van der Waals surface area contributed by atoms with Crippen LogP contribution in [0.25, 0.3) is 0 Å². The molecule has 1 aromatic rings. The molecule has 0 saturated heterocycles. The van der Waals surface area contributed by atoms with E-state index < -0.39 is 0 Å². The van der Waals surface area contributed by atoms with E-state index in [2.05, 4.69) is 50.4 Å². The largest absolute Gasteiger partial charge is 0.374 e. The molecule has 2 atom stereocenters. The fourth-order valence-electron chi connectivity index (χ4n) is 3.16. The summed E-state index contributed by atoms with van der Waals surface area (Å²) in [6.07, 6.45) is 6.99. The summed E-state index contributed by atoms with van der Waals surface area (Å²) in [5.41, 5.74) is 2.71. The van der Waals surface area contributed by atoms with E-state index in [4.69, 9.17) is 4.74 Å². The third-order valence-corrected chi connectivity index (χ3v) is 4.61. The van der Waals surface area contributed by atoms with Crippen LogP contribution in [0.2, 0.25) is 0 Å². The molecule has 21 heavy (non-hydrogen) atoms. The fraction of sp³-hybridized carbons (Fsp3) is 0.684. The van der Waals surface area contributed by atoms with Gasteiger partial charge in [0.25, 0.3) is 0 Å². The molecule has 0 radical (unpaired) electrons. The first-order chi connectivity index (χ1) is 10.2. The van der Waals surface area contributed by atoms with E-state index in [0.29, 0.717) is 12.1 Å². The molecule has 0 aliphatic heterocycles. The van der Waals surface area contributed by atoms with Gasteiger partial charge in [0.15, 0.2) is 0 Å². The molecule has 1 aliphatic rings. The van der Waals surface area contributed by atoms with E-state index in [1.54, 1.807) is 0 Å². The summed E-state index contributed by atoms with van der Waals surface area (Å²) in [7, 11) is 0. The average Bonchev–Trinajstić information content (AvgIpc) is 2.52. The lowest BCUT2D eigenvalue weighted by molar-refractivity contribution is 0.00146. The van der Waals surface area contributed by atoms with Crippen LogP contribution in [0.15, 0.2) is 24.3 Å². The summed E-state index contributed by atoms with van der Waals surface area (Å²) >= 11 is 0. The zero-order valence-corrected chi connectivity index (χ0v) is 13.9. The van der Waals surface area contributed by atoms with E-state index >= 15 is 0 Å². The molecule has 1 fully saturated rings. The maximum Gasteiger partial charge on any atom is 0.0723 e. The third kappa shape index (κ3) is 5.44. The van der Waals surface area contributed by atoms with Crippen molar-refractivity contribution in [1.82, 2.24) is 5.32 Å². The Hall–Kier alpha value is -0.860.